The number of likely N-dealkylation sites (N-methyl/N-ethyl adjacent to an activating group) is 1. The highest BCUT2D eigenvalue weighted by molar-refractivity contribution is 7.10. The molecule has 8 bridgehead atoms. The van der Waals surface area contributed by atoms with Crippen molar-refractivity contribution in [2.75, 3.05) is 46.9 Å². The van der Waals surface area contributed by atoms with Crippen molar-refractivity contribution >= 4 is 52.0 Å². The zero-order valence-corrected chi connectivity index (χ0v) is 41.4. The summed E-state index contributed by atoms with van der Waals surface area (Å²) in [5.74, 6) is -1.55. The number of pyridine rings is 1. The highest BCUT2D eigenvalue weighted by Gasteiger charge is 2.48. The van der Waals surface area contributed by atoms with Crippen molar-refractivity contribution < 1.29 is 33.4 Å². The van der Waals surface area contributed by atoms with Crippen LogP contribution in [0.3, 0.4) is 0 Å². The van der Waals surface area contributed by atoms with E-state index < -0.39 is 41.3 Å². The Balaban J connectivity index is 1.05. The molecule has 0 radical (unpaired) electrons. The second-order valence-corrected chi connectivity index (χ2v) is 21.3. The molecule has 3 N–H and O–H groups in total. The summed E-state index contributed by atoms with van der Waals surface area (Å²) >= 11 is 1.42. The Morgan fingerprint density at radius 2 is 1.84 bits per heavy atom. The number of urea groups is 1. The largest absolute Gasteiger partial charge is 0.464 e. The van der Waals surface area contributed by atoms with Gasteiger partial charge in [-0.15, -0.1) is 11.3 Å². The minimum atomic E-state index is -1.08. The molecule has 5 aliphatic heterocycles. The number of benzene rings is 1. The normalized spacial score (nSPS) is 24.7. The molecule has 4 saturated heterocycles. The Bertz CT molecular complexity index is 2570. The van der Waals surface area contributed by atoms with Crippen molar-refractivity contribution in [2.24, 2.45) is 11.3 Å². The molecule has 7 atom stereocenters. The van der Waals surface area contributed by atoms with Gasteiger partial charge < -0.3 is 39.4 Å². The standard InChI is InChI=1S/C50H66N10O7S/c1-9-58-40-17-14-30-20-34(40)35(44(58)33-12-10-18-51-42(33)29(4)66-8)22-50(5,6)27-67-48(64)36-13-11-19-59(55-36)47(63)37(21-41-53-39(30)26-68-41)54-45(61)43(28(2)3)56(7)49(65)60-31-15-16-32(60)25-57(24-31)46(62)38-23-52-38/h10,12,14,17-18,20,26,28-29,31-32,36-38,43,52,55H,9,11,13,15-16,19,21-25,27H2,1-8H3,(H,54,61)/t29-,31?,32?,36-,37-,38-,43-/m0/s1. The first-order valence-electron chi connectivity index (χ1n) is 24.3. The first kappa shape index (κ1) is 47.6. The topological polar surface area (TPSA) is 193 Å². The number of carbonyl (C=O) groups excluding carboxylic acids is 5. The molecule has 5 amide bonds. The molecule has 5 aliphatic rings. The lowest BCUT2D eigenvalue weighted by Gasteiger charge is -2.44. The van der Waals surface area contributed by atoms with Crippen LogP contribution in [0.25, 0.3) is 33.4 Å². The highest BCUT2D eigenvalue weighted by Crippen LogP contribution is 2.42. The average molecular weight is 951 g/mol. The number of cyclic esters (lactones) is 1. The smallest absolute Gasteiger partial charge is 0.324 e. The number of thiazole rings is 1. The number of aryl methyl sites for hydroxylation is 1. The van der Waals surface area contributed by atoms with Gasteiger partial charge in [-0.3, -0.25) is 29.2 Å². The number of hydrogen-bond donors (Lipinski definition) is 3. The molecular formula is C50H66N10O7S. The summed E-state index contributed by atoms with van der Waals surface area (Å²) in [4.78, 5) is 85.8. The third-order valence-corrected chi connectivity index (χ3v) is 15.4. The fourth-order valence-corrected chi connectivity index (χ4v) is 11.7. The predicted octanol–water partition coefficient (Wildman–Crippen LogP) is 4.93. The summed E-state index contributed by atoms with van der Waals surface area (Å²) < 4.78 is 14.3. The van der Waals surface area contributed by atoms with Crippen LogP contribution in [0.15, 0.2) is 41.9 Å². The molecule has 2 unspecified atom stereocenters. The Kier molecular flexibility index (Phi) is 13.4. The number of piperazine rings is 1. The average Bonchev–Trinajstić information content (AvgIpc) is 3.93. The van der Waals surface area contributed by atoms with Crippen molar-refractivity contribution in [2.45, 2.75) is 129 Å². The maximum Gasteiger partial charge on any atom is 0.324 e. The number of nitrogens with one attached hydrogen (secondary N) is 3. The molecule has 9 rings (SSSR count). The lowest BCUT2D eigenvalue weighted by Crippen LogP contribution is -2.64. The number of amides is 5. The van der Waals surface area contributed by atoms with Crippen molar-refractivity contribution in [1.82, 2.24) is 50.3 Å². The maximum absolute atomic E-state index is 14.7. The van der Waals surface area contributed by atoms with Gasteiger partial charge in [-0.05, 0) is 81.7 Å². The summed E-state index contributed by atoms with van der Waals surface area (Å²) in [5.41, 5.74) is 9.32. The predicted molar refractivity (Wildman–Crippen MR) is 258 cm³/mol. The molecule has 4 aromatic rings. The number of carbonyl (C=O) groups is 5. The fourth-order valence-electron chi connectivity index (χ4n) is 10.9. The van der Waals surface area contributed by atoms with E-state index in [4.69, 9.17) is 19.4 Å². The van der Waals surface area contributed by atoms with Crippen LogP contribution < -0.4 is 16.1 Å². The third-order valence-electron chi connectivity index (χ3n) is 14.5. The van der Waals surface area contributed by atoms with Crippen molar-refractivity contribution in [1.29, 1.82) is 0 Å². The van der Waals surface area contributed by atoms with Gasteiger partial charge in [0, 0.05) is 92.3 Å². The fraction of sp³-hybridized carbons (Fsp3) is 0.580. The van der Waals surface area contributed by atoms with E-state index in [-0.39, 0.29) is 55.1 Å². The van der Waals surface area contributed by atoms with Crippen LogP contribution in [0.5, 0.6) is 0 Å². The van der Waals surface area contributed by atoms with Gasteiger partial charge in [-0.2, -0.15) is 0 Å². The van der Waals surface area contributed by atoms with Crippen molar-refractivity contribution in [3.05, 3.63) is 58.2 Å². The molecular weight excluding hydrogens is 885 g/mol. The van der Waals surface area contributed by atoms with E-state index in [1.165, 1.54) is 21.2 Å². The minimum Gasteiger partial charge on any atom is -0.464 e. The van der Waals surface area contributed by atoms with Crippen LogP contribution >= 0.6 is 11.3 Å². The molecule has 0 spiro atoms. The number of methoxy groups -OCH3 is 1. The molecule has 0 saturated carbocycles. The van der Waals surface area contributed by atoms with Gasteiger partial charge in [-0.1, -0.05) is 33.8 Å². The van der Waals surface area contributed by atoms with Crippen LogP contribution in [0.2, 0.25) is 0 Å². The summed E-state index contributed by atoms with van der Waals surface area (Å²) in [6.45, 7) is 14.9. The number of nitrogens with zero attached hydrogens (tertiary/aromatic N) is 7. The molecule has 0 aliphatic carbocycles. The van der Waals surface area contributed by atoms with E-state index in [0.717, 1.165) is 57.5 Å². The Morgan fingerprint density at radius 3 is 2.53 bits per heavy atom. The summed E-state index contributed by atoms with van der Waals surface area (Å²) in [6.07, 6.45) is 4.79. The maximum atomic E-state index is 14.7. The molecule has 17 nitrogen and oxygen atoms in total. The first-order valence-corrected chi connectivity index (χ1v) is 25.1. The van der Waals surface area contributed by atoms with Crippen LogP contribution in [-0.4, -0.2) is 147 Å². The second-order valence-electron chi connectivity index (χ2n) is 20.4. The monoisotopic (exact) mass is 950 g/mol. The van der Waals surface area contributed by atoms with Gasteiger partial charge in [0.1, 0.15) is 18.1 Å². The van der Waals surface area contributed by atoms with Gasteiger partial charge >= 0.3 is 12.0 Å². The summed E-state index contributed by atoms with van der Waals surface area (Å²) in [5, 5.41) is 11.3. The van der Waals surface area contributed by atoms with E-state index in [1.54, 1.807) is 20.4 Å². The van der Waals surface area contributed by atoms with Gasteiger partial charge in [0.2, 0.25) is 11.8 Å². The number of ether oxygens (including phenoxy) is 2. The van der Waals surface area contributed by atoms with Crippen LogP contribution in [-0.2, 0) is 48.0 Å². The lowest BCUT2D eigenvalue weighted by molar-refractivity contribution is -0.155. The van der Waals surface area contributed by atoms with Gasteiger partial charge in [0.15, 0.2) is 0 Å². The van der Waals surface area contributed by atoms with E-state index in [9.17, 15) is 24.0 Å². The summed E-state index contributed by atoms with van der Waals surface area (Å²) in [7, 11) is 3.34. The van der Waals surface area contributed by atoms with E-state index >= 15 is 0 Å². The Morgan fingerprint density at radius 1 is 1.09 bits per heavy atom. The minimum absolute atomic E-state index is 0.0819. The Hall–Kier alpha value is -5.43. The summed E-state index contributed by atoms with van der Waals surface area (Å²) in [6, 6.07) is 6.99. The van der Waals surface area contributed by atoms with E-state index in [2.05, 4.69) is 65.7 Å². The van der Waals surface area contributed by atoms with Crippen LogP contribution in [0.1, 0.15) is 89.6 Å². The van der Waals surface area contributed by atoms with Crippen LogP contribution in [0.4, 0.5) is 4.79 Å². The molecule has 18 heteroatoms. The zero-order chi connectivity index (χ0) is 48.2. The SMILES string of the molecule is CCn1c(-c2cccnc2[C@H](C)OC)c2c3cc(ccc31)-c1csc(n1)C[C@H](NC(=O)[C@H](C(C)C)N(C)C(=O)N1C3CCC1CN(C(=O)[C@@H]1CN1)C3)C(=O)N1CCC[C@H](N1)C(=O)OCC(C)(C)C2. The zero-order valence-electron chi connectivity index (χ0n) is 40.5. The Labute approximate surface area is 402 Å². The number of fused-ring (bicyclic) bond motifs is 8. The number of esters is 1. The number of rotatable bonds is 9. The lowest BCUT2D eigenvalue weighted by atomic mass is 9.84. The molecule has 8 heterocycles. The van der Waals surface area contributed by atoms with Gasteiger partial charge in [0.05, 0.1) is 52.9 Å². The van der Waals surface area contributed by atoms with Gasteiger partial charge in [0.25, 0.3) is 5.91 Å². The second kappa shape index (κ2) is 19.2. The van der Waals surface area contributed by atoms with Gasteiger partial charge in [-0.25, -0.2) is 15.2 Å². The quantitative estimate of drug-likeness (QED) is 0.152. The number of hydrogen-bond acceptors (Lipinski definition) is 12. The highest BCUT2D eigenvalue weighted by atomic mass is 32.1. The molecule has 364 valence electrons. The molecule has 1 aromatic carbocycles. The molecule has 4 fully saturated rings. The number of hydrazine groups is 1. The van der Waals surface area contributed by atoms with Crippen molar-refractivity contribution in [3.63, 3.8) is 0 Å². The number of likely N-dealkylation sites (tertiary alicyclic amines) is 1. The first-order chi connectivity index (χ1) is 32.6. The van der Waals surface area contributed by atoms with E-state index in [0.29, 0.717) is 57.0 Å². The van der Waals surface area contributed by atoms with Crippen molar-refractivity contribution in [3.8, 4) is 22.5 Å². The molecule has 68 heavy (non-hydrogen) atoms. The molecule has 3 aromatic heterocycles. The number of aromatic nitrogens is 3. The third kappa shape index (κ3) is 9.23. The van der Waals surface area contributed by atoms with E-state index in [1.807, 2.05) is 42.0 Å². The van der Waals surface area contributed by atoms with Crippen LogP contribution in [0, 0.1) is 11.3 Å².